The van der Waals surface area contributed by atoms with E-state index in [1.165, 1.54) is 16.7 Å². The number of rotatable bonds is 9. The molecule has 3 aliphatic rings. The van der Waals surface area contributed by atoms with E-state index >= 15 is 0 Å². The zero-order valence-electron chi connectivity index (χ0n) is 28.3. The molecule has 3 fully saturated rings. The van der Waals surface area contributed by atoms with Gasteiger partial charge in [0.05, 0.1) is 43.0 Å². The van der Waals surface area contributed by atoms with Crippen molar-refractivity contribution in [3.63, 3.8) is 0 Å². The third-order valence-electron chi connectivity index (χ3n) is 9.03. The monoisotopic (exact) mass is 705 g/mol. The van der Waals surface area contributed by atoms with Crippen LogP contribution in [0.3, 0.4) is 0 Å². The molecule has 3 aromatic carbocycles. The number of aromatic nitrogens is 2. The van der Waals surface area contributed by atoms with Crippen LogP contribution in [0.5, 0.6) is 0 Å². The van der Waals surface area contributed by atoms with Crippen LogP contribution in [0.1, 0.15) is 40.6 Å². The number of hydrogen-bond donors (Lipinski definition) is 1. The first-order chi connectivity index (χ1) is 24.9. The van der Waals surface area contributed by atoms with Gasteiger partial charge in [-0.2, -0.15) is 0 Å². The number of likely N-dealkylation sites (tertiary alicyclic amines) is 1. The number of benzene rings is 3. The van der Waals surface area contributed by atoms with Crippen LogP contribution >= 0.6 is 11.8 Å². The standard InChI is InChI=1S/C38H39N7O5S/c1-26-22-40-31(23-39-26)24-45-36(47)34(51-37(45)42-30-13-15-32(16-14-30)43-18-20-49-21-19-43)28-9-11-29(12-10-28)41-35(46)33-8-5-17-44(33)38(48)50-25-27-6-3-2-4-7-27/h2-4,6-7,9-16,22-23,33-34H,5,8,17-21,24-25H2,1H3,(H,41,46)/t33-,34?/m0/s1. The van der Waals surface area contributed by atoms with E-state index in [1.807, 2.05) is 73.7 Å². The summed E-state index contributed by atoms with van der Waals surface area (Å²) in [6.07, 6.45) is 4.13. The molecular weight excluding hydrogens is 667 g/mol. The van der Waals surface area contributed by atoms with Crippen LogP contribution in [-0.2, 0) is 32.2 Å². The summed E-state index contributed by atoms with van der Waals surface area (Å²) >= 11 is 1.38. The van der Waals surface area contributed by atoms with E-state index in [2.05, 4.69) is 20.2 Å². The molecule has 0 spiro atoms. The van der Waals surface area contributed by atoms with Gasteiger partial charge in [-0.1, -0.05) is 54.2 Å². The molecule has 7 rings (SSSR count). The van der Waals surface area contributed by atoms with Crippen LogP contribution in [0, 0.1) is 6.92 Å². The maximum absolute atomic E-state index is 14.0. The molecule has 1 aromatic heterocycles. The Bertz CT molecular complexity index is 1870. The lowest BCUT2D eigenvalue weighted by Gasteiger charge is -2.28. The van der Waals surface area contributed by atoms with Crippen molar-refractivity contribution in [1.82, 2.24) is 19.8 Å². The van der Waals surface area contributed by atoms with Crippen molar-refractivity contribution < 1.29 is 23.9 Å². The second kappa shape index (κ2) is 15.7. The lowest BCUT2D eigenvalue weighted by molar-refractivity contribution is -0.126. The molecule has 3 amide bonds. The number of anilines is 2. The van der Waals surface area contributed by atoms with Gasteiger partial charge in [0.15, 0.2) is 5.17 Å². The van der Waals surface area contributed by atoms with Crippen LogP contribution in [0.15, 0.2) is 96.2 Å². The van der Waals surface area contributed by atoms with E-state index in [9.17, 15) is 14.4 Å². The summed E-state index contributed by atoms with van der Waals surface area (Å²) in [6, 6.07) is 24.1. The molecular formula is C38H39N7O5S. The highest BCUT2D eigenvalue weighted by Crippen LogP contribution is 2.41. The quantitative estimate of drug-likeness (QED) is 0.228. The molecule has 1 N–H and O–H groups in total. The van der Waals surface area contributed by atoms with Crippen molar-refractivity contribution >= 4 is 51.9 Å². The molecule has 51 heavy (non-hydrogen) atoms. The van der Waals surface area contributed by atoms with E-state index in [4.69, 9.17) is 14.5 Å². The molecule has 0 bridgehead atoms. The molecule has 4 heterocycles. The van der Waals surface area contributed by atoms with Crippen molar-refractivity contribution in [2.45, 2.75) is 44.2 Å². The molecule has 3 aliphatic heterocycles. The lowest BCUT2D eigenvalue weighted by Crippen LogP contribution is -2.43. The number of aliphatic imine (C=N–C) groups is 1. The van der Waals surface area contributed by atoms with Gasteiger partial charge in [0.2, 0.25) is 11.8 Å². The van der Waals surface area contributed by atoms with E-state index in [0.29, 0.717) is 49.1 Å². The predicted octanol–water partition coefficient (Wildman–Crippen LogP) is 5.87. The maximum Gasteiger partial charge on any atom is 0.410 e. The summed E-state index contributed by atoms with van der Waals surface area (Å²) in [5.41, 5.74) is 5.54. The Labute approximate surface area is 300 Å². The minimum absolute atomic E-state index is 0.113. The molecule has 1 unspecified atom stereocenters. The number of carbonyl (C=O) groups excluding carboxylic acids is 3. The molecule has 0 radical (unpaired) electrons. The second-order valence-corrected chi connectivity index (χ2v) is 13.7. The van der Waals surface area contributed by atoms with Crippen molar-refractivity contribution in [2.75, 3.05) is 43.1 Å². The van der Waals surface area contributed by atoms with Gasteiger partial charge in [-0.25, -0.2) is 9.79 Å². The van der Waals surface area contributed by atoms with Gasteiger partial charge in [-0.05, 0) is 67.3 Å². The molecule has 0 saturated carbocycles. The summed E-state index contributed by atoms with van der Waals surface area (Å²) in [6.45, 7) is 5.81. The first-order valence-electron chi connectivity index (χ1n) is 17.1. The Hall–Kier alpha value is -5.27. The fourth-order valence-electron chi connectivity index (χ4n) is 6.26. The Balaban J connectivity index is 1.03. The van der Waals surface area contributed by atoms with E-state index in [1.54, 1.807) is 29.4 Å². The predicted molar refractivity (Wildman–Crippen MR) is 196 cm³/mol. The van der Waals surface area contributed by atoms with Gasteiger partial charge in [0, 0.05) is 37.2 Å². The van der Waals surface area contributed by atoms with Crippen LogP contribution in [0.4, 0.5) is 21.9 Å². The number of carbonyl (C=O) groups is 3. The number of nitrogens with one attached hydrogen (secondary N) is 1. The molecule has 3 saturated heterocycles. The highest BCUT2D eigenvalue weighted by Gasteiger charge is 2.40. The smallest absolute Gasteiger partial charge is 0.410 e. The highest BCUT2D eigenvalue weighted by molar-refractivity contribution is 8.15. The Morgan fingerprint density at radius 3 is 2.45 bits per heavy atom. The van der Waals surface area contributed by atoms with Crippen LogP contribution in [0.2, 0.25) is 0 Å². The number of hydrogen-bond acceptors (Lipinski definition) is 10. The number of thioether (sulfide) groups is 1. The molecule has 13 heteroatoms. The van der Waals surface area contributed by atoms with Crippen LogP contribution < -0.4 is 10.2 Å². The number of ether oxygens (including phenoxy) is 2. The Kier molecular flexibility index (Phi) is 10.5. The van der Waals surface area contributed by atoms with E-state index in [0.717, 1.165) is 41.3 Å². The minimum Gasteiger partial charge on any atom is -0.445 e. The molecule has 4 aromatic rings. The number of amidine groups is 1. The summed E-state index contributed by atoms with van der Waals surface area (Å²) < 4.78 is 11.0. The number of amides is 3. The fraction of sp³-hybridized carbons (Fsp3) is 0.316. The largest absolute Gasteiger partial charge is 0.445 e. The molecule has 12 nitrogen and oxygen atoms in total. The summed E-state index contributed by atoms with van der Waals surface area (Å²) in [5.74, 6) is -0.388. The van der Waals surface area contributed by atoms with Gasteiger partial charge in [0.1, 0.15) is 17.9 Å². The first-order valence-corrected chi connectivity index (χ1v) is 17.9. The second-order valence-electron chi connectivity index (χ2n) is 12.6. The maximum atomic E-state index is 14.0. The lowest BCUT2D eigenvalue weighted by atomic mass is 10.1. The average Bonchev–Trinajstić information content (AvgIpc) is 3.78. The van der Waals surface area contributed by atoms with E-state index in [-0.39, 0.29) is 25.0 Å². The van der Waals surface area contributed by atoms with Crippen LogP contribution in [0.25, 0.3) is 0 Å². The van der Waals surface area contributed by atoms with Crippen molar-refractivity contribution in [1.29, 1.82) is 0 Å². The topological polar surface area (TPSA) is 130 Å². The van der Waals surface area contributed by atoms with Crippen molar-refractivity contribution in [3.05, 3.63) is 114 Å². The molecule has 0 aliphatic carbocycles. The normalized spacial score (nSPS) is 19.8. The van der Waals surface area contributed by atoms with Gasteiger partial charge >= 0.3 is 6.09 Å². The molecule has 2 atom stereocenters. The third kappa shape index (κ3) is 8.21. The first kappa shape index (κ1) is 34.2. The summed E-state index contributed by atoms with van der Waals surface area (Å²) in [7, 11) is 0. The van der Waals surface area contributed by atoms with Crippen LogP contribution in [-0.4, -0.2) is 81.7 Å². The minimum atomic E-state index is -0.625. The van der Waals surface area contributed by atoms with E-state index < -0.39 is 17.4 Å². The number of aryl methyl sites for hydroxylation is 1. The SMILES string of the molecule is Cc1cnc(CN2C(=O)C(c3ccc(NC(=O)[C@@H]4CCCN4C(=O)OCc4ccccc4)cc3)SC2=Nc2ccc(N3CCOCC3)cc2)cn1. The Morgan fingerprint density at radius 2 is 1.73 bits per heavy atom. The third-order valence-corrected chi connectivity index (χ3v) is 10.3. The average molecular weight is 706 g/mol. The van der Waals surface area contributed by atoms with Crippen molar-refractivity contribution in [2.24, 2.45) is 4.99 Å². The number of morpholine rings is 1. The van der Waals surface area contributed by atoms with Gasteiger partial charge in [-0.15, -0.1) is 0 Å². The zero-order valence-corrected chi connectivity index (χ0v) is 29.1. The van der Waals surface area contributed by atoms with Gasteiger partial charge in [0.25, 0.3) is 0 Å². The fourth-order valence-corrected chi connectivity index (χ4v) is 7.43. The summed E-state index contributed by atoms with van der Waals surface area (Å²) in [4.78, 5) is 59.3. The zero-order chi connectivity index (χ0) is 35.2. The number of nitrogens with zero attached hydrogens (tertiary/aromatic N) is 6. The van der Waals surface area contributed by atoms with Gasteiger partial charge in [-0.3, -0.25) is 29.4 Å². The Morgan fingerprint density at radius 1 is 0.961 bits per heavy atom. The van der Waals surface area contributed by atoms with Gasteiger partial charge < -0.3 is 19.7 Å². The summed E-state index contributed by atoms with van der Waals surface area (Å²) in [5, 5.41) is 2.98. The van der Waals surface area contributed by atoms with Crippen molar-refractivity contribution in [3.8, 4) is 0 Å². The highest BCUT2D eigenvalue weighted by atomic mass is 32.2. The molecule has 262 valence electrons.